The van der Waals surface area contributed by atoms with Gasteiger partial charge < -0.3 is 26.0 Å². The zero-order chi connectivity index (χ0) is 29.4. The molecule has 4 N–H and O–H groups in total. The van der Waals surface area contributed by atoms with E-state index >= 15 is 0 Å². The molecule has 0 saturated heterocycles. The minimum atomic E-state index is -0.544. The van der Waals surface area contributed by atoms with Gasteiger partial charge in [-0.2, -0.15) is 0 Å². The lowest BCUT2D eigenvalue weighted by molar-refractivity contribution is -0.117. The maximum atomic E-state index is 12.7. The van der Waals surface area contributed by atoms with E-state index in [-0.39, 0.29) is 18.0 Å². The molecular weight excluding hydrogens is 526 g/mol. The molecule has 0 saturated carbocycles. The molecular formula is C34H35N5O3. The number of hydrogen-bond acceptors (Lipinski definition) is 6. The average Bonchev–Trinajstić information content (AvgIpc) is 3.51. The molecule has 2 aliphatic heterocycles. The number of fused-ring (bicyclic) bond motifs is 2. The fourth-order valence-electron chi connectivity index (χ4n) is 5.59. The number of amides is 2. The van der Waals surface area contributed by atoms with Crippen molar-refractivity contribution < 1.29 is 14.3 Å². The smallest absolute Gasteiger partial charge is 0.407 e. The van der Waals surface area contributed by atoms with Crippen LogP contribution in [0, 0.1) is 6.92 Å². The van der Waals surface area contributed by atoms with Gasteiger partial charge in [-0.15, -0.1) is 0 Å². The minimum Gasteiger partial charge on any atom is -0.444 e. The molecule has 0 bridgehead atoms. The number of nitrogens with zero attached hydrogens (tertiary/aromatic N) is 1. The second-order valence-electron chi connectivity index (χ2n) is 11.9. The number of aromatic nitrogens is 1. The Morgan fingerprint density at radius 1 is 0.952 bits per heavy atom. The van der Waals surface area contributed by atoms with Gasteiger partial charge in [0, 0.05) is 18.3 Å². The highest BCUT2D eigenvalue weighted by atomic mass is 16.6. The molecule has 2 aliphatic rings. The van der Waals surface area contributed by atoms with Crippen molar-refractivity contribution in [3.63, 3.8) is 0 Å². The number of hydrogen-bond donors (Lipinski definition) is 4. The summed E-state index contributed by atoms with van der Waals surface area (Å²) in [6, 6.07) is 24.6. The molecule has 4 aromatic rings. The van der Waals surface area contributed by atoms with Crippen LogP contribution >= 0.6 is 0 Å². The van der Waals surface area contributed by atoms with E-state index in [4.69, 9.17) is 4.74 Å². The topological polar surface area (TPSA) is 104 Å². The van der Waals surface area contributed by atoms with Crippen LogP contribution in [-0.4, -0.2) is 22.6 Å². The third-order valence-electron chi connectivity index (χ3n) is 7.67. The number of rotatable bonds is 6. The number of alkyl carbamates (subject to hydrolysis) is 1. The highest BCUT2D eigenvalue weighted by Crippen LogP contribution is 2.40. The van der Waals surface area contributed by atoms with E-state index in [9.17, 15) is 9.59 Å². The number of anilines is 3. The summed E-state index contributed by atoms with van der Waals surface area (Å²) in [5.41, 5.74) is 8.99. The summed E-state index contributed by atoms with van der Waals surface area (Å²) in [6.45, 7) is 8.01. The highest BCUT2D eigenvalue weighted by Gasteiger charge is 2.32. The SMILES string of the molecule is Cc1cc2c(cc1CC1C(=O)Nc3ncccc31)NC(c1ccc(-c3ccccc3CNC(=O)OC(C)(C)C)cc1)N2. The van der Waals surface area contributed by atoms with Crippen molar-refractivity contribution >= 4 is 29.2 Å². The van der Waals surface area contributed by atoms with Crippen LogP contribution in [0.1, 0.15) is 60.7 Å². The van der Waals surface area contributed by atoms with Crippen molar-refractivity contribution in [2.75, 3.05) is 16.0 Å². The van der Waals surface area contributed by atoms with Crippen molar-refractivity contribution in [2.24, 2.45) is 0 Å². The van der Waals surface area contributed by atoms with Gasteiger partial charge in [0.15, 0.2) is 0 Å². The Balaban J connectivity index is 1.15. The second-order valence-corrected chi connectivity index (χ2v) is 11.9. The Labute approximate surface area is 245 Å². The standard InChI is InChI=1S/C34H35N5O3/c1-20-16-28-29(18-24(20)17-27-26-10-7-15-35-31(26)39-32(27)40)38-30(37-28)22-13-11-21(12-14-22)25-9-6-5-8-23(25)19-36-33(41)42-34(2,3)4/h5-16,18,27,30,37-38H,17,19H2,1-4H3,(H,36,41)(H,35,39,40). The van der Waals surface area contributed by atoms with E-state index in [1.165, 1.54) is 0 Å². The van der Waals surface area contributed by atoms with Gasteiger partial charge >= 0.3 is 6.09 Å². The molecule has 2 unspecified atom stereocenters. The molecule has 3 aromatic carbocycles. The van der Waals surface area contributed by atoms with E-state index in [0.29, 0.717) is 18.8 Å². The number of benzene rings is 3. The van der Waals surface area contributed by atoms with Gasteiger partial charge in [-0.3, -0.25) is 4.79 Å². The van der Waals surface area contributed by atoms with Crippen LogP contribution in [0.5, 0.6) is 0 Å². The maximum Gasteiger partial charge on any atom is 0.407 e. The number of carbonyl (C=O) groups excluding carboxylic acids is 2. The molecule has 1 aromatic heterocycles. The third kappa shape index (κ3) is 5.65. The minimum absolute atomic E-state index is 0.00477. The third-order valence-corrected chi connectivity index (χ3v) is 7.67. The zero-order valence-corrected chi connectivity index (χ0v) is 24.2. The molecule has 0 fully saturated rings. The summed E-state index contributed by atoms with van der Waals surface area (Å²) >= 11 is 0. The van der Waals surface area contributed by atoms with Crippen LogP contribution < -0.4 is 21.3 Å². The van der Waals surface area contributed by atoms with Gasteiger partial charge in [-0.25, -0.2) is 9.78 Å². The Hall–Kier alpha value is -4.85. The normalized spacial score (nSPS) is 17.0. The lowest BCUT2D eigenvalue weighted by Crippen LogP contribution is -2.32. The summed E-state index contributed by atoms with van der Waals surface area (Å²) in [6.07, 6.45) is 1.81. The number of nitrogens with one attached hydrogen (secondary N) is 4. The van der Waals surface area contributed by atoms with Gasteiger partial charge in [-0.1, -0.05) is 54.6 Å². The molecule has 8 nitrogen and oxygen atoms in total. The average molecular weight is 562 g/mol. The number of pyridine rings is 1. The first-order valence-electron chi connectivity index (χ1n) is 14.2. The van der Waals surface area contributed by atoms with E-state index in [2.05, 4.69) is 75.6 Å². The van der Waals surface area contributed by atoms with Gasteiger partial charge in [0.1, 0.15) is 17.6 Å². The summed E-state index contributed by atoms with van der Waals surface area (Å²) in [7, 11) is 0. The second kappa shape index (κ2) is 10.9. The molecule has 2 amide bonds. The monoisotopic (exact) mass is 561 g/mol. The fourth-order valence-corrected chi connectivity index (χ4v) is 5.59. The fraction of sp³-hybridized carbons (Fsp3) is 0.265. The van der Waals surface area contributed by atoms with Crippen molar-refractivity contribution in [1.29, 1.82) is 0 Å². The Morgan fingerprint density at radius 2 is 1.69 bits per heavy atom. The van der Waals surface area contributed by atoms with Crippen molar-refractivity contribution in [3.8, 4) is 11.1 Å². The summed E-state index contributed by atoms with van der Waals surface area (Å²) in [5, 5.41) is 13.0. The number of aryl methyl sites for hydroxylation is 1. The summed E-state index contributed by atoms with van der Waals surface area (Å²) < 4.78 is 5.39. The maximum absolute atomic E-state index is 12.7. The molecule has 2 atom stereocenters. The number of ether oxygens (including phenoxy) is 1. The van der Waals surface area contributed by atoms with Crippen LogP contribution in [-0.2, 0) is 22.5 Å². The molecule has 0 radical (unpaired) electrons. The van der Waals surface area contributed by atoms with Crippen molar-refractivity contribution in [1.82, 2.24) is 10.3 Å². The van der Waals surface area contributed by atoms with E-state index in [0.717, 1.165) is 50.3 Å². The van der Waals surface area contributed by atoms with Crippen LogP contribution in [0.15, 0.2) is 79.0 Å². The quantitative estimate of drug-likeness (QED) is 0.204. The lowest BCUT2D eigenvalue weighted by atomic mass is 9.91. The molecule has 6 rings (SSSR count). The van der Waals surface area contributed by atoms with Crippen LogP contribution in [0.4, 0.5) is 22.0 Å². The first-order valence-corrected chi connectivity index (χ1v) is 14.2. The van der Waals surface area contributed by atoms with Gasteiger partial charge in [-0.05, 0) is 85.7 Å². The summed E-state index contributed by atoms with van der Waals surface area (Å²) in [4.78, 5) is 29.2. The molecule has 214 valence electrons. The largest absolute Gasteiger partial charge is 0.444 e. The van der Waals surface area contributed by atoms with Gasteiger partial charge in [0.2, 0.25) is 5.91 Å². The molecule has 8 heteroatoms. The first-order chi connectivity index (χ1) is 20.1. The van der Waals surface area contributed by atoms with Crippen LogP contribution in [0.2, 0.25) is 0 Å². The van der Waals surface area contributed by atoms with Crippen LogP contribution in [0.25, 0.3) is 11.1 Å². The zero-order valence-electron chi connectivity index (χ0n) is 24.2. The van der Waals surface area contributed by atoms with Crippen molar-refractivity contribution in [2.45, 2.75) is 58.3 Å². The van der Waals surface area contributed by atoms with Crippen LogP contribution in [0.3, 0.4) is 0 Å². The Morgan fingerprint density at radius 3 is 2.45 bits per heavy atom. The van der Waals surface area contributed by atoms with E-state index in [1.54, 1.807) is 6.20 Å². The Bertz CT molecular complexity index is 1660. The highest BCUT2D eigenvalue weighted by molar-refractivity contribution is 6.02. The Kier molecular flexibility index (Phi) is 7.06. The predicted molar refractivity (Wildman–Crippen MR) is 165 cm³/mol. The van der Waals surface area contributed by atoms with Crippen molar-refractivity contribution in [3.05, 3.63) is 107 Å². The predicted octanol–water partition coefficient (Wildman–Crippen LogP) is 6.90. The molecule has 0 aliphatic carbocycles. The molecule has 3 heterocycles. The van der Waals surface area contributed by atoms with Gasteiger partial charge in [0.25, 0.3) is 0 Å². The molecule has 0 spiro atoms. The van der Waals surface area contributed by atoms with Gasteiger partial charge in [0.05, 0.1) is 17.3 Å². The van der Waals surface area contributed by atoms with E-state index < -0.39 is 11.7 Å². The van der Waals surface area contributed by atoms with E-state index in [1.807, 2.05) is 51.1 Å². The molecule has 42 heavy (non-hydrogen) atoms. The first kappa shape index (κ1) is 27.3. The summed E-state index contributed by atoms with van der Waals surface area (Å²) in [5.74, 6) is 0.414. The lowest BCUT2D eigenvalue weighted by Gasteiger charge is -2.20. The number of carbonyl (C=O) groups is 2.